The van der Waals surface area contributed by atoms with Gasteiger partial charge in [-0.2, -0.15) is 0 Å². The summed E-state index contributed by atoms with van der Waals surface area (Å²) in [5.41, 5.74) is 5.68. The van der Waals surface area contributed by atoms with Crippen molar-refractivity contribution in [2.75, 3.05) is 19.8 Å². The minimum atomic E-state index is -5.09. The number of benzene rings is 7. The van der Waals surface area contributed by atoms with Crippen LogP contribution < -0.4 is 10.6 Å². The van der Waals surface area contributed by atoms with Crippen LogP contribution in [-0.4, -0.2) is 191 Å². The first-order chi connectivity index (χ1) is 67.3. The molecule has 762 valence electrons. The number of phosphoric ester groups is 1. The molecule has 140 heavy (non-hydrogen) atoms. The lowest BCUT2D eigenvalue weighted by Gasteiger charge is -2.51. The Hall–Kier alpha value is -9.36. The summed E-state index contributed by atoms with van der Waals surface area (Å²) in [5, 5.41) is 5.64. The van der Waals surface area contributed by atoms with Crippen molar-refractivity contribution in [2.45, 2.75) is 346 Å². The molecule has 0 aromatic heterocycles. The Labute approximate surface area is 823 Å². The Morgan fingerprint density at radius 1 is 0.471 bits per heavy atom. The Morgan fingerprint density at radius 3 is 1.36 bits per heavy atom. The maximum atomic E-state index is 16.4. The number of carbonyl (C=O) groups is 7. The second kappa shape index (κ2) is 52.8. The Balaban J connectivity index is 1.04. The van der Waals surface area contributed by atoms with E-state index in [9.17, 15) is 9.59 Å². The molecule has 5 heterocycles. The molecule has 12 rings (SSSR count). The van der Waals surface area contributed by atoms with Gasteiger partial charge in [0.1, 0.15) is 73.6 Å². The first-order valence-corrected chi connectivity index (χ1v) is 53.4. The summed E-state index contributed by atoms with van der Waals surface area (Å²) in [4.78, 5) is 105. The van der Waals surface area contributed by atoms with Gasteiger partial charge in [-0.3, -0.25) is 42.3 Å². The Morgan fingerprint density at radius 2 is 0.893 bits per heavy atom. The van der Waals surface area contributed by atoms with E-state index in [0.717, 1.165) is 22.3 Å². The molecule has 0 bridgehead atoms. The fourth-order valence-corrected chi connectivity index (χ4v) is 20.9. The minimum Gasteiger partial charge on any atom is -0.462 e. The van der Waals surface area contributed by atoms with Crippen molar-refractivity contribution in [1.82, 2.24) is 10.6 Å². The van der Waals surface area contributed by atoms with Crippen LogP contribution in [0.15, 0.2) is 206 Å². The molecule has 4 saturated heterocycles. The number of esters is 5. The van der Waals surface area contributed by atoms with E-state index in [1.54, 1.807) is 90.1 Å². The third-order valence-electron chi connectivity index (χ3n) is 26.4. The first kappa shape index (κ1) is 109. The molecule has 5 aliphatic heterocycles. The lowest BCUT2D eigenvalue weighted by Crippen LogP contribution is -2.69. The lowest BCUT2D eigenvalue weighted by molar-refractivity contribution is -0.337. The van der Waals surface area contributed by atoms with Crippen molar-refractivity contribution < 1.29 is 137 Å². The standard InChI is InChI=1S/C107H141N2O29PSi/c1-15-80(119-61-73-43-29-22-30-44-73)57-92(114)132-100-95(109-89(111)56-83(18-4)129-91(113)20-6)103(138-140(13,14)105(9,10)71(7)8)131-86(96(100)122-64-76-49-35-25-36-50-76)69-123-102-94(108-88(110)55-82(17-3)128-90(112)19-5)101(133-93(115)58-81(16-2)120-62-74-45-31-23-32-46-74)99(137-139(117)126-66-78-53-39-40-54-79(78)67-127-139)87(130-102)70-125-107(104(116)124-65-77-51-37-26-38-52-77)59-84-97(135-106(11,12)134-84)98(136-107)85(121-63-75-47-33-24-34-48-75)68-118-60-72-41-27-21-28-42-72/h21-54,71,80-87,94-103H,15-20,55-70H2,1-14H3,(H,108,110)(H,109,111)/t80-,81-,82-,83-,84-,85-,86?,87?,94?,95?,96+,97-,98?,99-,100-,101-,102-,103+,107-/m1/s1. The number of nitrogens with one attached hydrogen (secondary N) is 2. The molecule has 5 unspecified atom stereocenters. The van der Waals surface area contributed by atoms with E-state index in [0.29, 0.717) is 28.7 Å². The van der Waals surface area contributed by atoms with Gasteiger partial charge in [-0.1, -0.05) is 275 Å². The molecular formula is C107H141N2O29PSi. The number of rotatable bonds is 52. The summed E-state index contributed by atoms with van der Waals surface area (Å²) < 4.78 is 160. The fourth-order valence-electron chi connectivity index (χ4n) is 17.1. The predicted molar refractivity (Wildman–Crippen MR) is 517 cm³/mol. The zero-order chi connectivity index (χ0) is 100.0. The van der Waals surface area contributed by atoms with Gasteiger partial charge in [-0.15, -0.1) is 0 Å². The van der Waals surface area contributed by atoms with E-state index >= 15 is 28.5 Å². The quantitative estimate of drug-likeness (QED) is 0.0155. The van der Waals surface area contributed by atoms with Gasteiger partial charge in [0.05, 0.1) is 110 Å². The second-order valence-electron chi connectivity index (χ2n) is 37.7. The first-order valence-electron chi connectivity index (χ1n) is 49.0. The SMILES string of the molecule is CCC(=O)O[C@H](CC)CC(=O)NC1[C@H](OCC2O[C@@H](O[Si](C)(C)C(C)(C)C(C)C)C(NC(=O)C[C@@H](CC)OC(=O)CC)[C@@H](OC(=O)C[C@@H](CC)OCc3ccccc3)[C@H]2OCc2ccccc2)OC(CO[C@]2(C(=O)OCc3ccccc3)C[C@H]3OC(C)(C)O[C@H]3C([C@@H](COCc3ccccc3)OCc3ccccc3)O2)[C@@H](OP2(=O)OCc3ccccc3CO2)[C@@H]1OC(=O)C[C@@H](CC)OCc1ccccc1. The number of hydrogen-bond donors (Lipinski definition) is 2. The van der Waals surface area contributed by atoms with Crippen LogP contribution >= 0.6 is 7.82 Å². The summed E-state index contributed by atoms with van der Waals surface area (Å²) >= 11 is 0. The number of phosphoric acid groups is 1. The maximum Gasteiger partial charge on any atom is 0.475 e. The van der Waals surface area contributed by atoms with Crippen LogP contribution in [-0.2, 0) is 190 Å². The van der Waals surface area contributed by atoms with Gasteiger partial charge in [-0.05, 0) is 108 Å². The third-order valence-corrected chi connectivity index (χ3v) is 32.3. The van der Waals surface area contributed by atoms with Crippen LogP contribution in [0.4, 0.5) is 0 Å². The fraction of sp³-hybridized carbons (Fsp3) is 0.542. The number of hydrogen-bond acceptors (Lipinski definition) is 29. The van der Waals surface area contributed by atoms with Crippen LogP contribution in [0.5, 0.6) is 0 Å². The molecule has 0 radical (unpaired) electrons. The zero-order valence-electron chi connectivity index (χ0n) is 82.9. The topological polar surface area (TPSA) is 354 Å². The van der Waals surface area contributed by atoms with E-state index in [1.807, 2.05) is 185 Å². The van der Waals surface area contributed by atoms with Crippen molar-refractivity contribution in [3.63, 3.8) is 0 Å². The van der Waals surface area contributed by atoms with Crippen molar-refractivity contribution >= 4 is 57.8 Å². The summed E-state index contributed by atoms with van der Waals surface area (Å²) in [6.45, 7) is 23.7. The van der Waals surface area contributed by atoms with Gasteiger partial charge in [0, 0.05) is 19.3 Å². The third kappa shape index (κ3) is 31.3. The van der Waals surface area contributed by atoms with Gasteiger partial charge in [0.15, 0.2) is 38.9 Å². The summed E-state index contributed by atoms with van der Waals surface area (Å²) in [6.07, 6.45) is -23.1. The number of amides is 2. The van der Waals surface area contributed by atoms with Crippen LogP contribution in [0.3, 0.4) is 0 Å². The highest BCUT2D eigenvalue weighted by molar-refractivity contribution is 7.48. The molecule has 7 aromatic rings. The molecule has 31 nitrogen and oxygen atoms in total. The highest BCUT2D eigenvalue weighted by Gasteiger charge is 2.64. The summed E-state index contributed by atoms with van der Waals surface area (Å²) in [6, 6.07) is 59.6. The smallest absolute Gasteiger partial charge is 0.462 e. The average molecular weight is 1980 g/mol. The highest BCUT2D eigenvalue weighted by atomic mass is 31.2. The average Bonchev–Trinajstić information content (AvgIpc) is 1.57. The van der Waals surface area contributed by atoms with Crippen molar-refractivity contribution in [3.05, 3.63) is 251 Å². The van der Waals surface area contributed by atoms with Crippen LogP contribution in [0.1, 0.15) is 198 Å². The van der Waals surface area contributed by atoms with Gasteiger partial charge in [0.2, 0.25) is 11.8 Å². The summed E-state index contributed by atoms with van der Waals surface area (Å²) in [7, 11) is -8.35. The maximum absolute atomic E-state index is 16.4. The zero-order valence-corrected chi connectivity index (χ0v) is 84.8. The minimum absolute atomic E-state index is 0.0138. The second-order valence-corrected chi connectivity index (χ2v) is 43.9. The summed E-state index contributed by atoms with van der Waals surface area (Å²) in [5.74, 6) is -9.38. The van der Waals surface area contributed by atoms with E-state index in [2.05, 4.69) is 38.3 Å². The molecule has 2 amide bonds. The lowest BCUT2D eigenvalue weighted by atomic mass is 9.92. The monoisotopic (exact) mass is 1980 g/mol. The van der Waals surface area contributed by atoms with Crippen LogP contribution in [0, 0.1) is 5.92 Å². The molecule has 19 atom stereocenters. The van der Waals surface area contributed by atoms with Crippen molar-refractivity contribution in [2.24, 2.45) is 5.92 Å². The molecule has 0 saturated carbocycles. The van der Waals surface area contributed by atoms with E-state index < -0.39 is 217 Å². The predicted octanol–water partition coefficient (Wildman–Crippen LogP) is 17.3. The van der Waals surface area contributed by atoms with E-state index in [-0.39, 0.29) is 110 Å². The van der Waals surface area contributed by atoms with E-state index in [4.69, 9.17) is 98.5 Å². The highest BCUT2D eigenvalue weighted by Crippen LogP contribution is 2.56. The van der Waals surface area contributed by atoms with Crippen LogP contribution in [0.25, 0.3) is 0 Å². The molecule has 5 aliphatic rings. The van der Waals surface area contributed by atoms with E-state index in [1.165, 1.54) is 0 Å². The van der Waals surface area contributed by atoms with Crippen molar-refractivity contribution in [1.29, 1.82) is 0 Å². The van der Waals surface area contributed by atoms with Crippen LogP contribution in [0.2, 0.25) is 18.1 Å². The normalized spacial score (nSPS) is 24.4. The van der Waals surface area contributed by atoms with Gasteiger partial charge in [-0.25, -0.2) is 9.36 Å². The number of carbonyl (C=O) groups excluding carboxylic acids is 7. The number of fused-ring (bicyclic) bond motifs is 2. The molecule has 7 aromatic carbocycles. The Kier molecular flexibility index (Phi) is 41.2. The Bertz CT molecular complexity index is 5040. The van der Waals surface area contributed by atoms with Gasteiger partial charge < -0.3 is 95.6 Å². The van der Waals surface area contributed by atoms with Crippen molar-refractivity contribution in [3.8, 4) is 0 Å². The largest absolute Gasteiger partial charge is 0.475 e. The molecule has 0 aliphatic carbocycles. The molecule has 2 N–H and O–H groups in total. The molecule has 4 fully saturated rings. The molecular weight excluding hydrogens is 1840 g/mol. The molecule has 33 heteroatoms. The van der Waals surface area contributed by atoms with Gasteiger partial charge >= 0.3 is 37.7 Å². The molecule has 0 spiro atoms. The van der Waals surface area contributed by atoms with Gasteiger partial charge in [0.25, 0.3) is 5.79 Å². The number of ether oxygens (including phenoxy) is 17.